The maximum Gasteiger partial charge on any atom is 0.451 e. The Morgan fingerprint density at radius 2 is 0.468 bits per heavy atom. The van der Waals surface area contributed by atoms with E-state index in [1.165, 1.54) is 20.8 Å². The molecule has 3 aliphatic rings. The number of hydrogen-bond donors (Lipinski definition) is 6. The Bertz CT molecular complexity index is 1670. The van der Waals surface area contributed by atoms with Crippen LogP contribution in [0.3, 0.4) is 0 Å². The Morgan fingerprint density at radius 3 is 0.548 bits per heavy atom. The van der Waals surface area contributed by atoms with Crippen LogP contribution in [0.2, 0.25) is 0 Å². The number of carboxylic acid groups (broad SMARTS) is 6. The van der Waals surface area contributed by atoms with E-state index in [4.69, 9.17) is 0 Å². The third kappa shape index (κ3) is 8.88. The van der Waals surface area contributed by atoms with Crippen LogP contribution in [0.25, 0.3) is 0 Å². The van der Waals surface area contributed by atoms with Crippen molar-refractivity contribution in [2.75, 3.05) is 0 Å². The quantitative estimate of drug-likeness (QED) is 0.109. The van der Waals surface area contributed by atoms with Gasteiger partial charge in [-0.05, 0) is 59.3 Å². The summed E-state index contributed by atoms with van der Waals surface area (Å²) in [5, 5.41) is 55.4. The van der Waals surface area contributed by atoms with E-state index in [1.54, 1.807) is 0 Å². The summed E-state index contributed by atoms with van der Waals surface area (Å²) in [4.78, 5) is 103. The van der Waals surface area contributed by atoms with Crippen molar-refractivity contribution in [3.8, 4) is 0 Å². The molecule has 362 valence electrons. The van der Waals surface area contributed by atoms with Gasteiger partial charge in [0.25, 0.3) is 17.3 Å². The first kappa shape index (κ1) is 61.8. The normalized spacial score (nSPS) is 31.8. The fourth-order valence-corrected chi connectivity index (χ4v) is 9.06. The van der Waals surface area contributed by atoms with Gasteiger partial charge >= 0.3 is 54.3 Å². The third-order valence-corrected chi connectivity index (χ3v) is 14.8. The molecule has 15 nitrogen and oxygen atoms in total. The van der Waals surface area contributed by atoms with Crippen molar-refractivity contribution in [3.05, 3.63) is 0 Å². The average molecular weight is 1210 g/mol. The molecule has 26 heteroatoms. The van der Waals surface area contributed by atoms with E-state index < -0.39 is 140 Å². The van der Waals surface area contributed by atoms with Crippen LogP contribution < -0.4 is 0 Å². The first-order valence-electron chi connectivity index (χ1n) is 17.5. The summed E-state index contributed by atoms with van der Waals surface area (Å²) in [6, 6.07) is 0. The van der Waals surface area contributed by atoms with Gasteiger partial charge < -0.3 is 30.6 Å². The van der Waals surface area contributed by atoms with Crippen LogP contribution >= 0.6 is 0 Å². The fourth-order valence-electron chi connectivity index (χ4n) is 9.06. The maximum atomic E-state index is 12.7. The zero-order valence-corrected chi connectivity index (χ0v) is 38.2. The zero-order valence-electron chi connectivity index (χ0n) is 34.1. The van der Waals surface area contributed by atoms with Gasteiger partial charge in [-0.3, -0.25) is 43.2 Å². The molecule has 0 radical (unpaired) electrons. The Kier molecular flexibility index (Phi) is 18.5. The number of ketones is 3. The Labute approximate surface area is 407 Å². The van der Waals surface area contributed by atoms with E-state index in [0.717, 1.165) is 41.5 Å². The minimum atomic E-state index is -5.33. The molecule has 0 heterocycles. The SMILES string of the molecule is CC1(C(=O)O)CCC(C(=O)O)(C(=O)C(F)(F)F)C1(C)C.CC1(C(=O)O)CCC(C(=O)O)(C(=O)C(F)(F)F)C1(C)C.CC1(C(=O)O)CCC(C(=O)O)(C(=O)C(F)(F)F)C1(C)C.[Dy].[Dy]. The number of Topliss-reactive ketones (excluding diaryl/α,β-unsaturated/α-hetero) is 3. The molecule has 3 aliphatic carbocycles. The van der Waals surface area contributed by atoms with Gasteiger partial charge in [0.15, 0.2) is 0 Å². The van der Waals surface area contributed by atoms with Crippen molar-refractivity contribution >= 4 is 53.2 Å². The van der Waals surface area contributed by atoms with Crippen molar-refractivity contribution in [2.45, 2.75) is 119 Å². The first-order chi connectivity index (χ1) is 26.2. The summed E-state index contributed by atoms with van der Waals surface area (Å²) in [5.74, 6) is -17.2. The second-order valence-corrected chi connectivity index (χ2v) is 17.4. The van der Waals surface area contributed by atoms with E-state index in [0.29, 0.717) is 0 Å². The minimum Gasteiger partial charge on any atom is -0.481 e. The summed E-state index contributed by atoms with van der Waals surface area (Å²) >= 11 is 0. The van der Waals surface area contributed by atoms with Gasteiger partial charge in [-0.2, -0.15) is 39.5 Å². The average Bonchev–Trinajstić information content (AvgIpc) is 3.53. The molecule has 6 N–H and O–H groups in total. The molecular weight excluding hydrogens is 1170 g/mol. The van der Waals surface area contributed by atoms with E-state index in [2.05, 4.69) is 0 Å². The Hall–Kier alpha value is -2.25. The summed E-state index contributed by atoms with van der Waals surface area (Å²) in [5.41, 5.74) is -19.2. The van der Waals surface area contributed by atoms with Crippen molar-refractivity contribution in [1.29, 1.82) is 0 Å². The maximum absolute atomic E-state index is 12.7. The van der Waals surface area contributed by atoms with Gasteiger partial charge in [0.2, 0.25) is 0 Å². The molecule has 6 unspecified atom stereocenters. The largest absolute Gasteiger partial charge is 0.481 e. The second kappa shape index (κ2) is 18.6. The van der Waals surface area contributed by atoms with E-state index >= 15 is 0 Å². The number of halogens is 9. The molecule has 0 aliphatic heterocycles. The number of carbonyl (C=O) groups excluding carboxylic acids is 3. The predicted molar refractivity (Wildman–Crippen MR) is 180 cm³/mol. The molecule has 0 aromatic carbocycles. The molecule has 0 aromatic rings. The second-order valence-electron chi connectivity index (χ2n) is 17.4. The van der Waals surface area contributed by atoms with Crippen LogP contribution in [0.1, 0.15) is 101 Å². The van der Waals surface area contributed by atoms with Crippen LogP contribution in [0, 0.1) is 125 Å². The Morgan fingerprint density at radius 1 is 0.323 bits per heavy atom. The van der Waals surface area contributed by atoms with Gasteiger partial charge in [-0.15, -0.1) is 0 Å². The molecule has 0 spiro atoms. The first-order valence-corrected chi connectivity index (χ1v) is 17.5. The molecule has 0 aromatic heterocycles. The van der Waals surface area contributed by atoms with Crippen LogP contribution in [-0.2, 0) is 43.2 Å². The number of carboxylic acids is 6. The van der Waals surface area contributed by atoms with Crippen LogP contribution in [0.5, 0.6) is 0 Å². The third-order valence-electron chi connectivity index (χ3n) is 14.8. The molecule has 0 saturated heterocycles. The van der Waals surface area contributed by atoms with Gasteiger partial charge in [0, 0.05) is 92.6 Å². The molecule has 3 saturated carbocycles. The molecule has 62 heavy (non-hydrogen) atoms. The number of carbonyl (C=O) groups is 9. The molecule has 0 amide bonds. The standard InChI is InChI=1S/3C12H15F3O5.2Dy/c3*1-9(2)10(3,7(17)18)4-5-11(9,8(19)20)6(16)12(13,14)15;;/h3*4-5H2,1-3H3,(H,17,18)(H,19,20);;. The van der Waals surface area contributed by atoms with Crippen molar-refractivity contribution in [1.82, 2.24) is 0 Å². The fraction of sp³-hybridized carbons (Fsp3) is 0.750. The molecule has 3 rings (SSSR count). The van der Waals surface area contributed by atoms with E-state index in [9.17, 15) is 113 Å². The van der Waals surface area contributed by atoms with E-state index in [-0.39, 0.29) is 95.6 Å². The predicted octanol–water partition coefficient (Wildman–Crippen LogP) is 6.30. The summed E-state index contributed by atoms with van der Waals surface area (Å²) in [7, 11) is 0. The summed E-state index contributed by atoms with van der Waals surface area (Å²) in [6.07, 6.45) is -18.9. The molecular formula is C36H45Dy2F9O15. The van der Waals surface area contributed by atoms with Crippen molar-refractivity contribution in [3.63, 3.8) is 0 Å². The van der Waals surface area contributed by atoms with Gasteiger partial charge in [-0.1, -0.05) is 41.5 Å². The van der Waals surface area contributed by atoms with Crippen LogP contribution in [0.4, 0.5) is 39.5 Å². The van der Waals surface area contributed by atoms with Crippen LogP contribution in [0.15, 0.2) is 0 Å². The Balaban J connectivity index is 0. The monoisotopic (exact) mass is 1220 g/mol. The van der Waals surface area contributed by atoms with Gasteiger partial charge in [-0.25, -0.2) is 0 Å². The van der Waals surface area contributed by atoms with Gasteiger partial charge in [0.1, 0.15) is 16.2 Å². The van der Waals surface area contributed by atoms with Crippen molar-refractivity contribution < 1.29 is 190 Å². The van der Waals surface area contributed by atoms with Crippen molar-refractivity contribution in [2.24, 2.45) is 48.7 Å². The topological polar surface area (TPSA) is 275 Å². The summed E-state index contributed by atoms with van der Waals surface area (Å²) in [6.45, 7) is 10.0. The van der Waals surface area contributed by atoms with E-state index in [1.807, 2.05) is 0 Å². The molecule has 6 atom stereocenters. The van der Waals surface area contributed by atoms with Gasteiger partial charge in [0.05, 0.1) is 16.2 Å². The number of rotatable bonds is 9. The number of alkyl halides is 9. The number of hydrogen-bond acceptors (Lipinski definition) is 9. The smallest absolute Gasteiger partial charge is 0.451 e. The minimum absolute atomic E-state index is 0. The summed E-state index contributed by atoms with van der Waals surface area (Å²) < 4.78 is 115. The zero-order chi connectivity index (χ0) is 48.4. The molecule has 0 bridgehead atoms. The van der Waals surface area contributed by atoms with Crippen LogP contribution in [-0.4, -0.2) is 102 Å². The number of aliphatic carboxylic acids is 6. The molecule has 3 fully saturated rings.